The third kappa shape index (κ3) is 5.82. The van der Waals surface area contributed by atoms with E-state index in [0.717, 1.165) is 25.1 Å². The van der Waals surface area contributed by atoms with Gasteiger partial charge in [0.15, 0.2) is 0 Å². The molecule has 0 aliphatic carbocycles. The molecule has 0 bridgehead atoms. The van der Waals surface area contributed by atoms with Crippen LogP contribution in [0.2, 0.25) is 0 Å². The van der Waals surface area contributed by atoms with Crippen LogP contribution in [0.5, 0.6) is 0 Å². The van der Waals surface area contributed by atoms with Gasteiger partial charge < -0.3 is 14.8 Å². The fourth-order valence-corrected chi connectivity index (χ4v) is 2.81. The quantitative estimate of drug-likeness (QED) is 0.535. The molecule has 0 aliphatic heterocycles. The first kappa shape index (κ1) is 18.8. The smallest absolute Gasteiger partial charge is 0.318 e. The lowest BCUT2D eigenvalue weighted by molar-refractivity contribution is 0.199. The summed E-state index contributed by atoms with van der Waals surface area (Å²) in [4.78, 5) is 14.2. The van der Waals surface area contributed by atoms with Crippen molar-refractivity contribution in [1.29, 1.82) is 0 Å². The second-order valence-corrected chi connectivity index (χ2v) is 6.37. The van der Waals surface area contributed by atoms with Crippen molar-refractivity contribution in [2.45, 2.75) is 39.8 Å². The van der Waals surface area contributed by atoms with E-state index in [1.165, 1.54) is 11.1 Å². The van der Waals surface area contributed by atoms with Crippen LogP contribution in [0.1, 0.15) is 36.6 Å². The summed E-state index contributed by atoms with van der Waals surface area (Å²) in [6, 6.07) is 12.6. The Hall–Kier alpha value is -2.49. The molecule has 0 saturated carbocycles. The van der Waals surface area contributed by atoms with E-state index < -0.39 is 0 Å². The largest absolute Gasteiger partial charge is 0.345 e. The van der Waals surface area contributed by atoms with Crippen molar-refractivity contribution < 1.29 is 4.79 Å². The molecule has 1 heterocycles. The maximum atomic E-state index is 12.4. The SMILES string of the molecule is C=CCN(Cc1cccn1Cc1cccc(C)c1)C(=O)NCCCC. The van der Waals surface area contributed by atoms with Gasteiger partial charge in [-0.05, 0) is 31.0 Å². The van der Waals surface area contributed by atoms with Gasteiger partial charge in [-0.25, -0.2) is 4.79 Å². The number of rotatable bonds is 9. The van der Waals surface area contributed by atoms with Crippen LogP contribution in [-0.4, -0.2) is 28.6 Å². The molecule has 0 atom stereocenters. The van der Waals surface area contributed by atoms with Gasteiger partial charge in [-0.1, -0.05) is 49.2 Å². The number of unbranched alkanes of at least 4 members (excludes halogenated alkanes) is 1. The number of carbonyl (C=O) groups excluding carboxylic acids is 1. The maximum absolute atomic E-state index is 12.4. The second-order valence-electron chi connectivity index (χ2n) is 6.37. The fraction of sp³-hybridized carbons (Fsp3) is 0.381. The molecule has 0 aliphatic rings. The Kier molecular flexibility index (Phi) is 7.33. The Morgan fingerprint density at radius 1 is 1.32 bits per heavy atom. The minimum atomic E-state index is -0.0309. The van der Waals surface area contributed by atoms with Crippen molar-refractivity contribution in [3.8, 4) is 0 Å². The molecule has 0 radical (unpaired) electrons. The van der Waals surface area contributed by atoms with Gasteiger partial charge in [0.2, 0.25) is 0 Å². The lowest BCUT2D eigenvalue weighted by Crippen LogP contribution is -2.40. The molecule has 1 aromatic carbocycles. The van der Waals surface area contributed by atoms with E-state index >= 15 is 0 Å². The molecular formula is C21H29N3O. The Labute approximate surface area is 151 Å². The number of urea groups is 1. The molecule has 1 N–H and O–H groups in total. The highest BCUT2D eigenvalue weighted by Gasteiger charge is 2.14. The average molecular weight is 339 g/mol. The fourth-order valence-electron chi connectivity index (χ4n) is 2.81. The zero-order chi connectivity index (χ0) is 18.1. The van der Waals surface area contributed by atoms with Gasteiger partial charge in [-0.2, -0.15) is 0 Å². The molecule has 2 amide bonds. The van der Waals surface area contributed by atoms with Gasteiger partial charge in [0.05, 0.1) is 6.54 Å². The standard InChI is InChI=1S/C21H29N3O/c1-4-6-12-22-21(25)24(13-5-2)17-20-11-8-14-23(20)16-19-10-7-9-18(3)15-19/h5,7-11,14-15H,2,4,6,12-13,16-17H2,1,3H3,(H,22,25). The van der Waals surface area contributed by atoms with E-state index in [9.17, 15) is 4.79 Å². The number of aryl methyl sites for hydroxylation is 1. The topological polar surface area (TPSA) is 37.3 Å². The number of aromatic nitrogens is 1. The summed E-state index contributed by atoms with van der Waals surface area (Å²) in [6.45, 7) is 10.6. The first-order valence-electron chi connectivity index (χ1n) is 8.97. The van der Waals surface area contributed by atoms with Crippen LogP contribution in [-0.2, 0) is 13.1 Å². The molecule has 25 heavy (non-hydrogen) atoms. The number of hydrogen-bond acceptors (Lipinski definition) is 1. The number of carbonyl (C=O) groups is 1. The molecule has 4 heteroatoms. The highest BCUT2D eigenvalue weighted by Crippen LogP contribution is 2.12. The number of amides is 2. The normalized spacial score (nSPS) is 10.5. The van der Waals surface area contributed by atoms with Gasteiger partial charge in [0.1, 0.15) is 0 Å². The zero-order valence-electron chi connectivity index (χ0n) is 15.4. The van der Waals surface area contributed by atoms with Gasteiger partial charge >= 0.3 is 6.03 Å². The molecule has 134 valence electrons. The van der Waals surface area contributed by atoms with E-state index in [0.29, 0.717) is 19.6 Å². The lowest BCUT2D eigenvalue weighted by Gasteiger charge is -2.22. The predicted molar refractivity (Wildman–Crippen MR) is 104 cm³/mol. The lowest BCUT2D eigenvalue weighted by atomic mass is 10.1. The van der Waals surface area contributed by atoms with Crippen molar-refractivity contribution >= 4 is 6.03 Å². The van der Waals surface area contributed by atoms with Crippen LogP contribution in [0, 0.1) is 6.92 Å². The van der Waals surface area contributed by atoms with Gasteiger partial charge in [0, 0.05) is 31.5 Å². The van der Waals surface area contributed by atoms with E-state index in [1.807, 2.05) is 6.07 Å². The van der Waals surface area contributed by atoms with Gasteiger partial charge in [-0.15, -0.1) is 6.58 Å². The zero-order valence-corrected chi connectivity index (χ0v) is 15.4. The van der Waals surface area contributed by atoms with E-state index in [-0.39, 0.29) is 6.03 Å². The number of hydrogen-bond donors (Lipinski definition) is 1. The second kappa shape index (κ2) is 9.72. The van der Waals surface area contributed by atoms with Crippen molar-refractivity contribution in [1.82, 2.24) is 14.8 Å². The summed E-state index contributed by atoms with van der Waals surface area (Å²) < 4.78 is 2.20. The van der Waals surface area contributed by atoms with Gasteiger partial charge in [-0.3, -0.25) is 0 Å². The highest BCUT2D eigenvalue weighted by atomic mass is 16.2. The van der Waals surface area contributed by atoms with Crippen molar-refractivity contribution in [2.75, 3.05) is 13.1 Å². The Bertz CT molecular complexity index is 690. The third-order valence-electron chi connectivity index (χ3n) is 4.16. The molecule has 4 nitrogen and oxygen atoms in total. The summed E-state index contributed by atoms with van der Waals surface area (Å²) in [5, 5.41) is 2.99. The van der Waals surface area contributed by atoms with Crippen LogP contribution >= 0.6 is 0 Å². The summed E-state index contributed by atoms with van der Waals surface area (Å²) in [7, 11) is 0. The minimum absolute atomic E-state index is 0.0309. The Morgan fingerprint density at radius 3 is 2.88 bits per heavy atom. The summed E-state index contributed by atoms with van der Waals surface area (Å²) in [5.41, 5.74) is 3.64. The summed E-state index contributed by atoms with van der Waals surface area (Å²) in [6.07, 6.45) is 5.91. The monoisotopic (exact) mass is 339 g/mol. The average Bonchev–Trinajstić information content (AvgIpc) is 3.01. The van der Waals surface area contributed by atoms with E-state index in [2.05, 4.69) is 66.8 Å². The maximum Gasteiger partial charge on any atom is 0.318 e. The first-order valence-corrected chi connectivity index (χ1v) is 8.97. The summed E-state index contributed by atoms with van der Waals surface area (Å²) >= 11 is 0. The molecule has 0 saturated heterocycles. The molecule has 2 aromatic rings. The van der Waals surface area contributed by atoms with E-state index in [4.69, 9.17) is 0 Å². The predicted octanol–water partition coefficient (Wildman–Crippen LogP) is 4.34. The van der Waals surface area contributed by atoms with Crippen LogP contribution in [0.4, 0.5) is 4.79 Å². The molecule has 2 rings (SSSR count). The third-order valence-corrected chi connectivity index (χ3v) is 4.16. The molecular weight excluding hydrogens is 310 g/mol. The first-order chi connectivity index (χ1) is 12.1. The molecule has 0 spiro atoms. The Morgan fingerprint density at radius 2 is 2.16 bits per heavy atom. The highest BCUT2D eigenvalue weighted by molar-refractivity contribution is 5.74. The Balaban J connectivity index is 2.05. The molecule has 1 aromatic heterocycles. The van der Waals surface area contributed by atoms with Gasteiger partial charge in [0.25, 0.3) is 0 Å². The van der Waals surface area contributed by atoms with Crippen LogP contribution in [0.15, 0.2) is 55.3 Å². The minimum Gasteiger partial charge on any atom is -0.345 e. The number of nitrogens with zero attached hydrogens (tertiary/aromatic N) is 2. The van der Waals surface area contributed by atoms with Crippen molar-refractivity contribution in [3.63, 3.8) is 0 Å². The van der Waals surface area contributed by atoms with Crippen molar-refractivity contribution in [2.24, 2.45) is 0 Å². The van der Waals surface area contributed by atoms with Crippen molar-refractivity contribution in [3.05, 3.63) is 72.1 Å². The number of benzene rings is 1. The van der Waals surface area contributed by atoms with Crippen LogP contribution in [0.25, 0.3) is 0 Å². The molecule has 0 unspecified atom stereocenters. The van der Waals surface area contributed by atoms with Crippen LogP contribution in [0.3, 0.4) is 0 Å². The van der Waals surface area contributed by atoms with Crippen LogP contribution < -0.4 is 5.32 Å². The number of nitrogens with one attached hydrogen (secondary N) is 1. The molecule has 0 fully saturated rings. The summed E-state index contributed by atoms with van der Waals surface area (Å²) in [5.74, 6) is 0. The van der Waals surface area contributed by atoms with E-state index in [1.54, 1.807) is 11.0 Å².